The van der Waals surface area contributed by atoms with E-state index in [2.05, 4.69) is 10.1 Å². The minimum absolute atomic E-state index is 0.0653. The zero-order valence-corrected chi connectivity index (χ0v) is 9.10. The maximum absolute atomic E-state index is 11.3. The van der Waals surface area contributed by atoms with E-state index in [-0.39, 0.29) is 17.9 Å². The van der Waals surface area contributed by atoms with Crippen LogP contribution in [0.5, 0.6) is 0 Å². The maximum Gasteiger partial charge on any atom is 0.377 e. The van der Waals surface area contributed by atoms with Crippen LogP contribution in [-0.4, -0.2) is 36.5 Å². The molecule has 2 N–H and O–H groups in total. The lowest BCUT2D eigenvalue weighted by molar-refractivity contribution is -0.131. The first-order valence-corrected chi connectivity index (χ1v) is 4.71. The molecule has 0 spiro atoms. The van der Waals surface area contributed by atoms with Crippen LogP contribution in [0, 0.1) is 0 Å². The first kappa shape index (κ1) is 12.9. The van der Waals surface area contributed by atoms with E-state index in [0.717, 1.165) is 0 Å². The molecule has 0 fully saturated rings. The van der Waals surface area contributed by atoms with E-state index in [9.17, 15) is 14.4 Å². The van der Waals surface area contributed by atoms with E-state index in [1.165, 1.54) is 25.3 Å². The van der Waals surface area contributed by atoms with Crippen LogP contribution in [0.3, 0.4) is 0 Å². The smallest absolute Gasteiger partial charge is 0.377 e. The molecule has 0 heterocycles. The van der Waals surface area contributed by atoms with Gasteiger partial charge in [-0.15, -0.1) is 0 Å². The van der Waals surface area contributed by atoms with E-state index in [4.69, 9.17) is 5.11 Å². The molecule has 0 aliphatic heterocycles. The van der Waals surface area contributed by atoms with Crippen molar-refractivity contribution in [3.63, 3.8) is 0 Å². The predicted octanol–water partition coefficient (Wildman–Crippen LogP) is 0.539. The molecule has 0 aliphatic carbocycles. The molecule has 0 radical (unpaired) electrons. The minimum Gasteiger partial charge on any atom is -0.475 e. The van der Waals surface area contributed by atoms with Gasteiger partial charge in [-0.1, -0.05) is 12.1 Å². The Hall–Kier alpha value is -2.21. The molecule has 1 aromatic carbocycles. The Kier molecular flexibility index (Phi) is 4.36. The van der Waals surface area contributed by atoms with Crippen molar-refractivity contribution < 1.29 is 24.2 Å². The van der Waals surface area contributed by atoms with E-state index >= 15 is 0 Å². The SMILES string of the molecule is COCC(=O)Nc1ccccc1C(=O)C(=O)O. The van der Waals surface area contributed by atoms with Gasteiger partial charge in [-0.05, 0) is 12.1 Å². The molecule has 6 nitrogen and oxygen atoms in total. The molecule has 0 atom stereocenters. The van der Waals surface area contributed by atoms with Gasteiger partial charge in [-0.2, -0.15) is 0 Å². The molecule has 17 heavy (non-hydrogen) atoms. The lowest BCUT2D eigenvalue weighted by Gasteiger charge is -2.08. The number of carbonyl (C=O) groups is 3. The molecule has 6 heteroatoms. The summed E-state index contributed by atoms with van der Waals surface area (Å²) in [5.74, 6) is -3.10. The van der Waals surface area contributed by atoms with Gasteiger partial charge >= 0.3 is 5.97 Å². The van der Waals surface area contributed by atoms with Gasteiger partial charge in [0.05, 0.1) is 11.3 Å². The van der Waals surface area contributed by atoms with E-state index < -0.39 is 17.7 Å². The quantitative estimate of drug-likeness (QED) is 0.576. The zero-order chi connectivity index (χ0) is 12.8. The summed E-state index contributed by atoms with van der Waals surface area (Å²) in [5, 5.41) is 11.0. The monoisotopic (exact) mass is 237 g/mol. The Morgan fingerprint density at radius 2 is 1.94 bits per heavy atom. The highest BCUT2D eigenvalue weighted by Gasteiger charge is 2.18. The second-order valence-electron chi connectivity index (χ2n) is 3.16. The number of ketones is 1. The van der Waals surface area contributed by atoms with Crippen molar-refractivity contribution in [2.75, 3.05) is 19.0 Å². The number of anilines is 1. The molecule has 0 saturated carbocycles. The topological polar surface area (TPSA) is 92.7 Å². The van der Waals surface area contributed by atoms with Crippen molar-refractivity contribution in [2.24, 2.45) is 0 Å². The zero-order valence-electron chi connectivity index (χ0n) is 9.10. The first-order chi connectivity index (χ1) is 8.06. The number of carboxylic acid groups (broad SMARTS) is 1. The summed E-state index contributed by atoms with van der Waals surface area (Å²) in [6.07, 6.45) is 0. The van der Waals surface area contributed by atoms with Gasteiger partial charge in [0.1, 0.15) is 6.61 Å². The van der Waals surface area contributed by atoms with Gasteiger partial charge in [0.15, 0.2) is 0 Å². The summed E-state index contributed by atoms with van der Waals surface area (Å²) >= 11 is 0. The highest BCUT2D eigenvalue weighted by Crippen LogP contribution is 2.15. The first-order valence-electron chi connectivity index (χ1n) is 4.71. The van der Waals surface area contributed by atoms with Crippen molar-refractivity contribution in [3.8, 4) is 0 Å². The fourth-order valence-corrected chi connectivity index (χ4v) is 1.22. The third-order valence-electron chi connectivity index (χ3n) is 1.92. The fourth-order valence-electron chi connectivity index (χ4n) is 1.22. The Morgan fingerprint density at radius 3 is 2.53 bits per heavy atom. The molecule has 1 amide bonds. The second-order valence-corrected chi connectivity index (χ2v) is 3.16. The molecule has 1 rings (SSSR count). The lowest BCUT2D eigenvalue weighted by Crippen LogP contribution is -2.21. The highest BCUT2D eigenvalue weighted by molar-refractivity contribution is 6.41. The van der Waals surface area contributed by atoms with Crippen LogP contribution in [0.1, 0.15) is 10.4 Å². The van der Waals surface area contributed by atoms with Gasteiger partial charge < -0.3 is 15.2 Å². The molecule has 0 bridgehead atoms. The standard InChI is InChI=1S/C11H11NO5/c1-17-6-9(13)12-8-5-3-2-4-7(8)10(14)11(15)16/h2-5H,6H2,1H3,(H,12,13)(H,15,16). The van der Waals surface area contributed by atoms with Crippen LogP contribution < -0.4 is 5.32 Å². The molecule has 0 unspecified atom stereocenters. The van der Waals surface area contributed by atoms with E-state index in [1.54, 1.807) is 6.07 Å². The number of benzene rings is 1. The number of nitrogens with one attached hydrogen (secondary N) is 1. The normalized spacial score (nSPS) is 9.71. The average Bonchev–Trinajstić information content (AvgIpc) is 2.29. The number of rotatable bonds is 5. The molecule has 1 aromatic rings. The van der Waals surface area contributed by atoms with Crippen LogP contribution in [0.4, 0.5) is 5.69 Å². The van der Waals surface area contributed by atoms with Crippen LogP contribution in [0.25, 0.3) is 0 Å². The van der Waals surface area contributed by atoms with Gasteiger partial charge in [-0.3, -0.25) is 9.59 Å². The number of carboxylic acids is 1. The Balaban J connectivity index is 2.96. The second kappa shape index (κ2) is 5.76. The number of hydrogen-bond acceptors (Lipinski definition) is 4. The van der Waals surface area contributed by atoms with Gasteiger partial charge in [0.25, 0.3) is 5.78 Å². The number of ether oxygens (including phenoxy) is 1. The summed E-state index contributed by atoms with van der Waals surface area (Å²) in [6, 6.07) is 5.88. The van der Waals surface area contributed by atoms with Crippen molar-refractivity contribution >= 4 is 23.3 Å². The van der Waals surface area contributed by atoms with Gasteiger partial charge in [-0.25, -0.2) is 4.79 Å². The number of Topliss-reactive ketones (excluding diaryl/α,β-unsaturated/α-hetero) is 1. The summed E-state index contributed by atoms with van der Waals surface area (Å²) in [5.41, 5.74) is 0.0893. The largest absolute Gasteiger partial charge is 0.475 e. The Labute approximate surface area is 97.2 Å². The molecule has 0 aromatic heterocycles. The van der Waals surface area contributed by atoms with Crippen molar-refractivity contribution in [2.45, 2.75) is 0 Å². The molecular formula is C11H11NO5. The summed E-state index contributed by atoms with van der Waals surface area (Å²) in [4.78, 5) is 33.2. The third kappa shape index (κ3) is 3.39. The van der Waals surface area contributed by atoms with Crippen molar-refractivity contribution in [1.29, 1.82) is 0 Å². The number of amides is 1. The summed E-state index contributed by atoms with van der Waals surface area (Å²) in [7, 11) is 1.36. The average molecular weight is 237 g/mol. The highest BCUT2D eigenvalue weighted by atomic mass is 16.5. The van der Waals surface area contributed by atoms with E-state index in [1.807, 2.05) is 0 Å². The van der Waals surface area contributed by atoms with Crippen LogP contribution in [0.2, 0.25) is 0 Å². The molecule has 0 aliphatic rings. The van der Waals surface area contributed by atoms with E-state index in [0.29, 0.717) is 0 Å². The Bertz CT molecular complexity index is 455. The fraction of sp³-hybridized carbons (Fsp3) is 0.182. The summed E-state index contributed by atoms with van der Waals surface area (Å²) < 4.78 is 4.61. The molecular weight excluding hydrogens is 226 g/mol. The third-order valence-corrected chi connectivity index (χ3v) is 1.92. The summed E-state index contributed by atoms with van der Waals surface area (Å²) in [6.45, 7) is -0.171. The molecule has 90 valence electrons. The number of para-hydroxylation sites is 1. The maximum atomic E-state index is 11.3. The number of aliphatic carboxylic acids is 1. The minimum atomic E-state index is -1.57. The number of methoxy groups -OCH3 is 1. The van der Waals surface area contributed by atoms with Gasteiger partial charge in [0, 0.05) is 7.11 Å². The lowest BCUT2D eigenvalue weighted by atomic mass is 10.1. The van der Waals surface area contributed by atoms with Crippen LogP contribution in [0.15, 0.2) is 24.3 Å². The Morgan fingerprint density at radius 1 is 1.29 bits per heavy atom. The van der Waals surface area contributed by atoms with Crippen molar-refractivity contribution in [3.05, 3.63) is 29.8 Å². The predicted molar refractivity (Wildman–Crippen MR) is 58.9 cm³/mol. The van der Waals surface area contributed by atoms with Crippen LogP contribution in [-0.2, 0) is 14.3 Å². The number of hydrogen-bond donors (Lipinski definition) is 2. The van der Waals surface area contributed by atoms with Gasteiger partial charge in [0.2, 0.25) is 5.91 Å². The number of carbonyl (C=O) groups excluding carboxylic acids is 2. The van der Waals surface area contributed by atoms with Crippen molar-refractivity contribution in [1.82, 2.24) is 0 Å². The van der Waals surface area contributed by atoms with Crippen LogP contribution >= 0.6 is 0 Å². The molecule has 0 saturated heterocycles.